The molecule has 1 amide bonds. The molecule has 3 heteroatoms. The van der Waals surface area contributed by atoms with E-state index in [0.717, 1.165) is 31.4 Å². The lowest BCUT2D eigenvalue weighted by molar-refractivity contribution is -0.127. The molecule has 1 N–H and O–H groups in total. The molecule has 21 heavy (non-hydrogen) atoms. The third-order valence-electron chi connectivity index (χ3n) is 4.14. The Kier molecular flexibility index (Phi) is 5.66. The molecule has 0 saturated carbocycles. The van der Waals surface area contributed by atoms with Crippen LogP contribution >= 0.6 is 0 Å². The lowest BCUT2D eigenvalue weighted by atomic mass is 9.91. The molecule has 1 aromatic rings. The normalized spacial score (nSPS) is 16.7. The van der Waals surface area contributed by atoms with E-state index >= 15 is 0 Å². The van der Waals surface area contributed by atoms with Crippen molar-refractivity contribution in [3.8, 4) is 5.75 Å². The zero-order valence-electron chi connectivity index (χ0n) is 13.4. The fourth-order valence-electron chi connectivity index (χ4n) is 2.97. The van der Waals surface area contributed by atoms with E-state index in [-0.39, 0.29) is 11.9 Å². The van der Waals surface area contributed by atoms with Gasteiger partial charge in [-0.2, -0.15) is 0 Å². The van der Waals surface area contributed by atoms with Gasteiger partial charge in [0.1, 0.15) is 5.75 Å². The van der Waals surface area contributed by atoms with Crippen molar-refractivity contribution in [1.82, 2.24) is 5.32 Å². The van der Waals surface area contributed by atoms with Crippen molar-refractivity contribution in [1.29, 1.82) is 0 Å². The second-order valence-electron chi connectivity index (χ2n) is 6.06. The molecule has 0 aromatic heterocycles. The molecule has 0 bridgehead atoms. The van der Waals surface area contributed by atoms with Crippen molar-refractivity contribution in [3.05, 3.63) is 29.3 Å². The lowest BCUT2D eigenvalue weighted by Crippen LogP contribution is -2.41. The summed E-state index contributed by atoms with van der Waals surface area (Å²) >= 11 is 0. The molecule has 3 nitrogen and oxygen atoms in total. The van der Waals surface area contributed by atoms with Crippen LogP contribution in [0.2, 0.25) is 0 Å². The molecule has 0 aliphatic heterocycles. The van der Waals surface area contributed by atoms with Crippen molar-refractivity contribution < 1.29 is 9.53 Å². The molecule has 2 atom stereocenters. The Bertz CT molecular complexity index is 484. The van der Waals surface area contributed by atoms with E-state index in [1.807, 2.05) is 26.0 Å². The number of hydrogen-bond donors (Lipinski definition) is 1. The maximum Gasteiger partial charge on any atom is 0.260 e. The van der Waals surface area contributed by atoms with Gasteiger partial charge in [-0.25, -0.2) is 0 Å². The van der Waals surface area contributed by atoms with Crippen LogP contribution in [0, 0.1) is 0 Å². The van der Waals surface area contributed by atoms with Gasteiger partial charge in [0.25, 0.3) is 5.91 Å². The largest absolute Gasteiger partial charge is 0.481 e. The Balaban J connectivity index is 1.99. The number of amides is 1. The fourth-order valence-corrected chi connectivity index (χ4v) is 2.97. The van der Waals surface area contributed by atoms with Crippen molar-refractivity contribution in [2.45, 2.75) is 71.4 Å². The van der Waals surface area contributed by atoms with E-state index in [1.54, 1.807) is 0 Å². The number of nitrogens with one attached hydrogen (secondary N) is 1. The van der Waals surface area contributed by atoms with Crippen molar-refractivity contribution in [2.75, 3.05) is 0 Å². The molecule has 1 aliphatic rings. The number of aryl methyl sites for hydroxylation is 1. The van der Waals surface area contributed by atoms with Gasteiger partial charge in [-0.1, -0.05) is 25.5 Å². The Morgan fingerprint density at radius 1 is 1.29 bits per heavy atom. The Morgan fingerprint density at radius 2 is 2.05 bits per heavy atom. The molecule has 1 aliphatic carbocycles. The number of carbonyl (C=O) groups excluding carboxylic acids is 1. The average molecular weight is 289 g/mol. The minimum Gasteiger partial charge on any atom is -0.481 e. The van der Waals surface area contributed by atoms with Crippen LogP contribution in [0.3, 0.4) is 0 Å². The van der Waals surface area contributed by atoms with Crippen LogP contribution in [0.4, 0.5) is 0 Å². The summed E-state index contributed by atoms with van der Waals surface area (Å²) in [5, 5.41) is 3.02. The summed E-state index contributed by atoms with van der Waals surface area (Å²) in [5.41, 5.74) is 2.68. The third kappa shape index (κ3) is 4.23. The van der Waals surface area contributed by atoms with Crippen molar-refractivity contribution >= 4 is 5.91 Å². The first-order valence-corrected chi connectivity index (χ1v) is 8.19. The highest BCUT2D eigenvalue weighted by Crippen LogP contribution is 2.30. The standard InChI is InChI=1S/C18H27NO2/c1-4-8-13(2)19-18(20)14(3)21-17-12-7-10-15-9-5-6-11-16(15)17/h7,10,12-14H,4-6,8-9,11H2,1-3H3,(H,19,20)/t13-,14+/m0/s1. The second-order valence-corrected chi connectivity index (χ2v) is 6.06. The van der Waals surface area contributed by atoms with Gasteiger partial charge in [0.2, 0.25) is 0 Å². The molecular formula is C18H27NO2. The van der Waals surface area contributed by atoms with Gasteiger partial charge < -0.3 is 10.1 Å². The molecule has 0 radical (unpaired) electrons. The minimum absolute atomic E-state index is 0.0237. The van der Waals surface area contributed by atoms with Gasteiger partial charge in [0.05, 0.1) is 0 Å². The van der Waals surface area contributed by atoms with Crippen molar-refractivity contribution in [3.63, 3.8) is 0 Å². The molecule has 116 valence electrons. The monoisotopic (exact) mass is 289 g/mol. The number of rotatable bonds is 6. The number of carbonyl (C=O) groups is 1. The molecule has 0 saturated heterocycles. The highest BCUT2D eigenvalue weighted by molar-refractivity contribution is 5.81. The van der Waals surface area contributed by atoms with E-state index in [9.17, 15) is 4.79 Å². The first-order chi connectivity index (χ1) is 10.1. The first-order valence-electron chi connectivity index (χ1n) is 8.19. The Morgan fingerprint density at radius 3 is 2.81 bits per heavy atom. The van der Waals surface area contributed by atoms with Gasteiger partial charge in [-0.05, 0) is 63.1 Å². The van der Waals surface area contributed by atoms with Gasteiger partial charge >= 0.3 is 0 Å². The molecule has 0 unspecified atom stereocenters. The number of benzene rings is 1. The fraction of sp³-hybridized carbons (Fsp3) is 0.611. The van der Waals surface area contributed by atoms with Crippen LogP contribution in [0.25, 0.3) is 0 Å². The summed E-state index contributed by atoms with van der Waals surface area (Å²) in [6.45, 7) is 5.99. The minimum atomic E-state index is -0.447. The smallest absolute Gasteiger partial charge is 0.260 e. The maximum absolute atomic E-state index is 12.2. The average Bonchev–Trinajstić information content (AvgIpc) is 2.47. The summed E-state index contributed by atoms with van der Waals surface area (Å²) in [7, 11) is 0. The van der Waals surface area contributed by atoms with Gasteiger partial charge in [-0.15, -0.1) is 0 Å². The number of ether oxygens (including phenoxy) is 1. The molecule has 2 rings (SSSR count). The molecule has 0 fully saturated rings. The molecule has 1 aromatic carbocycles. The van der Waals surface area contributed by atoms with Gasteiger partial charge in [-0.3, -0.25) is 4.79 Å². The lowest BCUT2D eigenvalue weighted by Gasteiger charge is -2.23. The summed E-state index contributed by atoms with van der Waals surface area (Å²) in [6, 6.07) is 6.40. The quantitative estimate of drug-likeness (QED) is 0.868. The maximum atomic E-state index is 12.2. The highest BCUT2D eigenvalue weighted by atomic mass is 16.5. The predicted octanol–water partition coefficient (Wildman–Crippen LogP) is 3.64. The second kappa shape index (κ2) is 7.48. The van der Waals surface area contributed by atoms with Crippen LogP contribution in [0.15, 0.2) is 18.2 Å². The Hall–Kier alpha value is -1.51. The van der Waals surface area contributed by atoms with Gasteiger partial charge in [0.15, 0.2) is 6.10 Å². The van der Waals surface area contributed by atoms with Crippen LogP contribution in [0.5, 0.6) is 5.75 Å². The summed E-state index contributed by atoms with van der Waals surface area (Å²) < 4.78 is 5.94. The van der Waals surface area contributed by atoms with E-state index < -0.39 is 6.10 Å². The topological polar surface area (TPSA) is 38.3 Å². The van der Waals surface area contributed by atoms with Crippen LogP contribution in [-0.4, -0.2) is 18.1 Å². The number of hydrogen-bond acceptors (Lipinski definition) is 2. The van der Waals surface area contributed by atoms with E-state index in [2.05, 4.69) is 18.3 Å². The summed E-state index contributed by atoms with van der Waals surface area (Å²) in [6.07, 6.45) is 6.27. The first kappa shape index (κ1) is 15.9. The van der Waals surface area contributed by atoms with Gasteiger partial charge in [0, 0.05) is 6.04 Å². The van der Waals surface area contributed by atoms with E-state index in [4.69, 9.17) is 4.74 Å². The van der Waals surface area contributed by atoms with E-state index in [0.29, 0.717) is 0 Å². The molecule has 0 spiro atoms. The Labute approximate surface area is 128 Å². The SMILES string of the molecule is CCC[C@H](C)NC(=O)[C@@H](C)Oc1cccc2c1CCCC2. The zero-order valence-corrected chi connectivity index (χ0v) is 13.4. The van der Waals surface area contributed by atoms with Crippen LogP contribution in [0.1, 0.15) is 57.6 Å². The highest BCUT2D eigenvalue weighted by Gasteiger charge is 2.20. The predicted molar refractivity (Wildman–Crippen MR) is 85.7 cm³/mol. The summed E-state index contributed by atoms with van der Waals surface area (Å²) in [4.78, 5) is 12.2. The zero-order chi connectivity index (χ0) is 15.2. The van der Waals surface area contributed by atoms with Crippen LogP contribution < -0.4 is 10.1 Å². The molecule has 0 heterocycles. The number of fused-ring (bicyclic) bond motifs is 1. The third-order valence-corrected chi connectivity index (χ3v) is 4.14. The van der Waals surface area contributed by atoms with Crippen LogP contribution in [-0.2, 0) is 17.6 Å². The summed E-state index contributed by atoms with van der Waals surface area (Å²) in [5.74, 6) is 0.863. The van der Waals surface area contributed by atoms with E-state index in [1.165, 1.54) is 24.0 Å². The van der Waals surface area contributed by atoms with Crippen molar-refractivity contribution in [2.24, 2.45) is 0 Å². The molecular weight excluding hydrogens is 262 g/mol.